The van der Waals surface area contributed by atoms with Crippen molar-refractivity contribution in [1.82, 2.24) is 29.3 Å². The molecule has 1 aliphatic carbocycles. The van der Waals surface area contributed by atoms with Crippen molar-refractivity contribution >= 4 is 39.0 Å². The van der Waals surface area contributed by atoms with Crippen molar-refractivity contribution < 1.29 is 21.6 Å². The summed E-state index contributed by atoms with van der Waals surface area (Å²) in [5, 5.41) is 0. The molecular formula is C29H37F3N8O3S. The Hall–Kier alpha value is -3.43. The highest BCUT2D eigenvalue weighted by Gasteiger charge is 2.43. The Morgan fingerprint density at radius 2 is 1.86 bits per heavy atom. The topological polar surface area (TPSA) is 126 Å². The molecule has 1 saturated carbocycles. The lowest BCUT2D eigenvalue weighted by Crippen LogP contribution is -2.57. The first-order valence-corrected chi connectivity index (χ1v) is 16.3. The molecule has 1 saturated heterocycles. The molecule has 0 radical (unpaired) electrons. The van der Waals surface area contributed by atoms with Gasteiger partial charge in [0.1, 0.15) is 17.0 Å². The maximum absolute atomic E-state index is 15.1. The summed E-state index contributed by atoms with van der Waals surface area (Å²) in [6, 6.07) is 3.87. The van der Waals surface area contributed by atoms with Gasteiger partial charge in [-0.3, -0.25) is 19.0 Å². The van der Waals surface area contributed by atoms with Crippen LogP contribution in [0.3, 0.4) is 0 Å². The normalized spacial score (nSPS) is 20.9. The van der Waals surface area contributed by atoms with Crippen LogP contribution in [0.5, 0.6) is 0 Å². The van der Waals surface area contributed by atoms with E-state index in [4.69, 9.17) is 0 Å². The lowest BCUT2D eigenvalue weighted by Gasteiger charge is -2.38. The van der Waals surface area contributed by atoms with E-state index in [1.807, 2.05) is 20.1 Å². The molecule has 2 aliphatic rings. The SMILES string of the molecule is CC(C)n1c(=O)c(-c2ccc(NS(=O)(=O)CCN3CC(F)(F)C3)c(F)c2)nc2cnc(N=CC3CCC(N(C)C)CC3)nc21. The van der Waals surface area contributed by atoms with Crippen LogP contribution < -0.4 is 10.3 Å². The zero-order valence-electron chi connectivity index (χ0n) is 25.2. The van der Waals surface area contributed by atoms with E-state index in [0.717, 1.165) is 31.7 Å². The van der Waals surface area contributed by atoms with Gasteiger partial charge in [-0.25, -0.2) is 36.5 Å². The van der Waals surface area contributed by atoms with Crippen LogP contribution in [0.25, 0.3) is 22.4 Å². The lowest BCUT2D eigenvalue weighted by atomic mass is 9.86. The first kappa shape index (κ1) is 32.0. The van der Waals surface area contributed by atoms with E-state index in [2.05, 4.69) is 43.7 Å². The number of halogens is 3. The highest BCUT2D eigenvalue weighted by Crippen LogP contribution is 2.28. The number of anilines is 1. The van der Waals surface area contributed by atoms with Gasteiger partial charge in [0.25, 0.3) is 17.4 Å². The summed E-state index contributed by atoms with van der Waals surface area (Å²) >= 11 is 0. The van der Waals surface area contributed by atoms with Gasteiger partial charge in [0, 0.05) is 30.4 Å². The Balaban J connectivity index is 1.35. The molecule has 3 heterocycles. The average Bonchev–Trinajstić information content (AvgIpc) is 2.94. The largest absolute Gasteiger partial charge is 0.306 e. The number of likely N-dealkylation sites (tertiary alicyclic amines) is 1. The Kier molecular flexibility index (Phi) is 9.10. The number of sulfonamides is 1. The van der Waals surface area contributed by atoms with E-state index in [-0.39, 0.29) is 35.5 Å². The smallest absolute Gasteiger partial charge is 0.278 e. The number of aromatic nitrogens is 4. The van der Waals surface area contributed by atoms with Crippen LogP contribution in [0.4, 0.5) is 24.8 Å². The fraction of sp³-hybridized carbons (Fsp3) is 0.552. The number of nitrogens with zero attached hydrogens (tertiary/aromatic N) is 7. The molecule has 0 bridgehead atoms. The molecule has 15 heteroatoms. The minimum atomic E-state index is -4.01. The third-order valence-electron chi connectivity index (χ3n) is 8.10. The lowest BCUT2D eigenvalue weighted by molar-refractivity contribution is -0.128. The number of rotatable bonds is 10. The number of benzene rings is 1. The molecule has 2 fully saturated rings. The van der Waals surface area contributed by atoms with Crippen molar-refractivity contribution in [2.45, 2.75) is 57.5 Å². The molecule has 44 heavy (non-hydrogen) atoms. The maximum atomic E-state index is 15.1. The van der Waals surface area contributed by atoms with E-state index in [1.54, 1.807) is 0 Å². The standard InChI is InChI=1S/C29H37F3N8O3S/c1-18(2)40-26-24(15-34-28(36-26)33-14-19-5-8-21(9-6-19)38(3)4)35-25(27(40)41)20-7-10-23(22(30)13-20)37-44(42,43)12-11-39-16-29(31,32)17-39/h7,10,13-15,18-19,21,37H,5-6,8-9,11-12,16-17H2,1-4H3. The second kappa shape index (κ2) is 12.5. The van der Waals surface area contributed by atoms with Gasteiger partial charge in [-0.15, -0.1) is 0 Å². The highest BCUT2D eigenvalue weighted by molar-refractivity contribution is 7.92. The Bertz CT molecular complexity index is 1710. The average molecular weight is 635 g/mol. The first-order chi connectivity index (χ1) is 20.7. The molecular weight excluding hydrogens is 597 g/mol. The van der Waals surface area contributed by atoms with Gasteiger partial charge in [0.05, 0.1) is 30.7 Å². The molecule has 11 nitrogen and oxygen atoms in total. The van der Waals surface area contributed by atoms with Gasteiger partial charge in [0.15, 0.2) is 5.65 Å². The zero-order valence-corrected chi connectivity index (χ0v) is 26.0. The number of nitrogens with one attached hydrogen (secondary N) is 1. The van der Waals surface area contributed by atoms with Crippen LogP contribution in [0.15, 0.2) is 34.2 Å². The van der Waals surface area contributed by atoms with E-state index in [9.17, 15) is 22.0 Å². The molecule has 238 valence electrons. The molecule has 0 atom stereocenters. The zero-order chi connectivity index (χ0) is 31.8. The summed E-state index contributed by atoms with van der Waals surface area (Å²) in [4.78, 5) is 34.9. The van der Waals surface area contributed by atoms with E-state index in [0.29, 0.717) is 23.1 Å². The Morgan fingerprint density at radius 1 is 1.16 bits per heavy atom. The monoisotopic (exact) mass is 634 g/mol. The van der Waals surface area contributed by atoms with Crippen LogP contribution in [0, 0.1) is 11.7 Å². The summed E-state index contributed by atoms with van der Waals surface area (Å²) in [6.07, 6.45) is 7.60. The molecule has 1 aliphatic heterocycles. The number of fused-ring (bicyclic) bond motifs is 1. The molecule has 0 amide bonds. The van der Waals surface area contributed by atoms with Crippen LogP contribution in [0.1, 0.15) is 45.6 Å². The van der Waals surface area contributed by atoms with Gasteiger partial charge >= 0.3 is 0 Å². The van der Waals surface area contributed by atoms with E-state index in [1.165, 1.54) is 27.8 Å². The van der Waals surface area contributed by atoms with Crippen LogP contribution in [0.2, 0.25) is 0 Å². The minimum absolute atomic E-state index is 0.0456. The van der Waals surface area contributed by atoms with Gasteiger partial charge < -0.3 is 4.90 Å². The third-order valence-corrected chi connectivity index (χ3v) is 9.35. The van der Waals surface area contributed by atoms with Gasteiger partial charge in [-0.1, -0.05) is 6.07 Å². The second-order valence-electron chi connectivity index (χ2n) is 12.1. The van der Waals surface area contributed by atoms with Crippen molar-refractivity contribution in [3.05, 3.63) is 40.6 Å². The molecule has 2 aromatic heterocycles. The predicted octanol–water partition coefficient (Wildman–Crippen LogP) is 4.09. The van der Waals surface area contributed by atoms with Crippen molar-refractivity contribution in [3.8, 4) is 11.3 Å². The molecule has 3 aromatic rings. The molecule has 5 rings (SSSR count). The molecule has 1 N–H and O–H groups in total. The fourth-order valence-electron chi connectivity index (χ4n) is 5.64. The summed E-state index contributed by atoms with van der Waals surface area (Å²) in [6.45, 7) is 2.52. The van der Waals surface area contributed by atoms with Crippen LogP contribution >= 0.6 is 0 Å². The fourth-order valence-corrected chi connectivity index (χ4v) is 6.74. The number of alkyl halides is 2. The highest BCUT2D eigenvalue weighted by atomic mass is 32.2. The number of hydrogen-bond acceptors (Lipinski definition) is 9. The molecule has 0 spiro atoms. The summed E-state index contributed by atoms with van der Waals surface area (Å²) in [7, 11) is 0.184. The van der Waals surface area contributed by atoms with Crippen molar-refractivity contribution in [2.24, 2.45) is 10.9 Å². The van der Waals surface area contributed by atoms with Crippen molar-refractivity contribution in [2.75, 3.05) is 44.2 Å². The summed E-state index contributed by atoms with van der Waals surface area (Å²) < 4.78 is 69.6. The minimum Gasteiger partial charge on any atom is -0.306 e. The van der Waals surface area contributed by atoms with E-state index < -0.39 is 46.2 Å². The number of aliphatic imine (C=N–C) groups is 1. The molecule has 0 unspecified atom stereocenters. The van der Waals surface area contributed by atoms with Crippen LogP contribution in [-0.2, 0) is 10.0 Å². The third kappa shape index (κ3) is 7.26. The number of hydrogen-bond donors (Lipinski definition) is 1. The van der Waals surface area contributed by atoms with Crippen molar-refractivity contribution in [3.63, 3.8) is 0 Å². The maximum Gasteiger partial charge on any atom is 0.278 e. The van der Waals surface area contributed by atoms with Crippen molar-refractivity contribution in [1.29, 1.82) is 0 Å². The quantitative estimate of drug-likeness (QED) is 0.331. The molecule has 1 aromatic carbocycles. The Morgan fingerprint density at radius 3 is 2.48 bits per heavy atom. The summed E-state index contributed by atoms with van der Waals surface area (Å²) in [5.41, 5.74) is -0.103. The van der Waals surface area contributed by atoms with Gasteiger partial charge in [0.2, 0.25) is 10.0 Å². The van der Waals surface area contributed by atoms with Gasteiger partial charge in [-0.05, 0) is 71.7 Å². The summed E-state index contributed by atoms with van der Waals surface area (Å²) in [5.74, 6) is -3.65. The predicted molar refractivity (Wildman–Crippen MR) is 164 cm³/mol. The first-order valence-electron chi connectivity index (χ1n) is 14.6. The van der Waals surface area contributed by atoms with Gasteiger partial charge in [-0.2, -0.15) is 4.98 Å². The van der Waals surface area contributed by atoms with Crippen LogP contribution in [-0.4, -0.2) is 95.4 Å². The Labute approximate surface area is 254 Å². The second-order valence-corrected chi connectivity index (χ2v) is 13.9. The van der Waals surface area contributed by atoms with E-state index >= 15 is 4.39 Å².